The van der Waals surface area contributed by atoms with E-state index in [1.165, 1.54) is 7.05 Å². The van der Waals surface area contributed by atoms with Gasteiger partial charge >= 0.3 is 6.09 Å². The highest BCUT2D eigenvalue weighted by molar-refractivity contribution is 6.07. The monoisotopic (exact) mass is 313 g/mol. The molecule has 1 rings (SSSR count). The van der Waals surface area contributed by atoms with E-state index in [2.05, 4.69) is 16.0 Å². The molecule has 126 valence electrons. The first-order valence-corrected chi connectivity index (χ1v) is 7.58. The second-order valence-electron chi connectivity index (χ2n) is 6.86. The third-order valence-electron chi connectivity index (χ3n) is 3.45. The molecule has 0 spiro atoms. The lowest BCUT2D eigenvalue weighted by molar-refractivity contribution is -0.137. The Kier molecular flexibility index (Phi) is 5.79. The molecular formula is C15H27N3O4. The third-order valence-corrected chi connectivity index (χ3v) is 3.45. The molecule has 7 heteroatoms. The van der Waals surface area contributed by atoms with Gasteiger partial charge in [-0.2, -0.15) is 0 Å². The third kappa shape index (κ3) is 5.20. The van der Waals surface area contributed by atoms with Crippen molar-refractivity contribution in [2.75, 3.05) is 20.1 Å². The molecule has 0 aromatic carbocycles. The average molecular weight is 313 g/mol. The van der Waals surface area contributed by atoms with Crippen molar-refractivity contribution in [3.05, 3.63) is 0 Å². The van der Waals surface area contributed by atoms with Crippen LogP contribution in [0.3, 0.4) is 0 Å². The van der Waals surface area contributed by atoms with Gasteiger partial charge in [0.05, 0.1) is 0 Å². The van der Waals surface area contributed by atoms with Crippen molar-refractivity contribution in [1.29, 1.82) is 0 Å². The smallest absolute Gasteiger partial charge is 0.407 e. The van der Waals surface area contributed by atoms with Gasteiger partial charge in [-0.3, -0.25) is 9.59 Å². The van der Waals surface area contributed by atoms with Crippen molar-refractivity contribution in [3.8, 4) is 0 Å². The second kappa shape index (κ2) is 6.98. The molecule has 0 heterocycles. The van der Waals surface area contributed by atoms with Crippen LogP contribution in [0.25, 0.3) is 0 Å². The normalized spacial score (nSPS) is 17.1. The molecule has 7 nitrogen and oxygen atoms in total. The Bertz CT molecular complexity index is 439. The van der Waals surface area contributed by atoms with Crippen LogP contribution in [0.4, 0.5) is 4.79 Å². The van der Waals surface area contributed by atoms with Crippen molar-refractivity contribution in [1.82, 2.24) is 16.0 Å². The van der Waals surface area contributed by atoms with Gasteiger partial charge in [0.2, 0.25) is 11.8 Å². The SMILES string of the molecule is CNC(=O)C1(C(=O)NC[C@@H](C)CNC(=O)OC(C)(C)C)CC1. The van der Waals surface area contributed by atoms with Crippen LogP contribution in [-0.4, -0.2) is 43.6 Å². The zero-order chi connectivity index (χ0) is 17.0. The molecule has 0 unspecified atom stereocenters. The zero-order valence-electron chi connectivity index (χ0n) is 14.0. The number of hydrogen-bond donors (Lipinski definition) is 3. The summed E-state index contributed by atoms with van der Waals surface area (Å²) in [5.74, 6) is -0.433. The summed E-state index contributed by atoms with van der Waals surface area (Å²) in [6.07, 6.45) is 0.696. The lowest BCUT2D eigenvalue weighted by Crippen LogP contribution is -2.44. The molecule has 0 aromatic heterocycles. The quantitative estimate of drug-likeness (QED) is 0.632. The Hall–Kier alpha value is -1.79. The van der Waals surface area contributed by atoms with Crippen LogP contribution in [0.5, 0.6) is 0 Å². The van der Waals surface area contributed by atoms with Crippen molar-refractivity contribution in [3.63, 3.8) is 0 Å². The molecule has 1 aliphatic carbocycles. The van der Waals surface area contributed by atoms with Crippen LogP contribution in [0, 0.1) is 11.3 Å². The first kappa shape index (κ1) is 18.3. The lowest BCUT2D eigenvalue weighted by atomic mass is 10.0. The number of hydrogen-bond acceptors (Lipinski definition) is 4. The number of carbonyl (C=O) groups is 3. The van der Waals surface area contributed by atoms with E-state index < -0.39 is 17.1 Å². The minimum atomic E-state index is -0.882. The molecule has 0 aliphatic heterocycles. The van der Waals surface area contributed by atoms with Gasteiger partial charge in [-0.05, 0) is 39.5 Å². The Morgan fingerprint density at radius 2 is 1.64 bits per heavy atom. The lowest BCUT2D eigenvalue weighted by Gasteiger charge is -2.21. The van der Waals surface area contributed by atoms with Gasteiger partial charge < -0.3 is 20.7 Å². The summed E-state index contributed by atoms with van der Waals surface area (Å²) in [5.41, 5.74) is -1.42. The average Bonchev–Trinajstić information content (AvgIpc) is 3.21. The van der Waals surface area contributed by atoms with E-state index in [0.717, 1.165) is 0 Å². The first-order chi connectivity index (χ1) is 10.1. The molecule has 1 aliphatic rings. The molecule has 0 aromatic rings. The molecule has 3 amide bonds. The summed E-state index contributed by atoms with van der Waals surface area (Å²) >= 11 is 0. The number of carbonyl (C=O) groups excluding carboxylic acids is 3. The van der Waals surface area contributed by atoms with Crippen LogP contribution in [0.1, 0.15) is 40.5 Å². The van der Waals surface area contributed by atoms with Gasteiger partial charge in [-0.15, -0.1) is 0 Å². The van der Waals surface area contributed by atoms with E-state index in [1.54, 1.807) is 20.8 Å². The largest absolute Gasteiger partial charge is 0.444 e. The van der Waals surface area contributed by atoms with Crippen LogP contribution < -0.4 is 16.0 Å². The summed E-state index contributed by atoms with van der Waals surface area (Å²) in [4.78, 5) is 35.3. The molecule has 0 saturated heterocycles. The fourth-order valence-corrected chi connectivity index (χ4v) is 2.00. The fourth-order valence-electron chi connectivity index (χ4n) is 2.00. The molecule has 3 N–H and O–H groups in total. The number of nitrogens with one attached hydrogen (secondary N) is 3. The van der Waals surface area contributed by atoms with E-state index in [0.29, 0.717) is 25.9 Å². The van der Waals surface area contributed by atoms with Gasteiger partial charge in [0.15, 0.2) is 0 Å². The maximum absolute atomic E-state index is 12.1. The van der Waals surface area contributed by atoms with Crippen molar-refractivity contribution in [2.45, 2.75) is 46.1 Å². The Balaban J connectivity index is 2.29. The summed E-state index contributed by atoms with van der Waals surface area (Å²) < 4.78 is 5.13. The van der Waals surface area contributed by atoms with Gasteiger partial charge in [-0.25, -0.2) is 4.79 Å². The van der Waals surface area contributed by atoms with Crippen LogP contribution in [-0.2, 0) is 14.3 Å². The van der Waals surface area contributed by atoms with Crippen LogP contribution in [0.15, 0.2) is 0 Å². The van der Waals surface area contributed by atoms with Gasteiger partial charge in [-0.1, -0.05) is 6.92 Å². The molecule has 22 heavy (non-hydrogen) atoms. The number of rotatable bonds is 6. The molecular weight excluding hydrogens is 286 g/mol. The van der Waals surface area contributed by atoms with Gasteiger partial charge in [0, 0.05) is 20.1 Å². The van der Waals surface area contributed by atoms with Gasteiger partial charge in [0.1, 0.15) is 11.0 Å². The Morgan fingerprint density at radius 3 is 2.09 bits per heavy atom. The summed E-state index contributed by atoms with van der Waals surface area (Å²) in [5, 5.41) is 7.96. The fraction of sp³-hybridized carbons (Fsp3) is 0.800. The highest BCUT2D eigenvalue weighted by Gasteiger charge is 2.55. The van der Waals surface area contributed by atoms with Crippen molar-refractivity contribution in [2.24, 2.45) is 11.3 Å². The Morgan fingerprint density at radius 1 is 1.09 bits per heavy atom. The van der Waals surface area contributed by atoms with Crippen LogP contribution in [0.2, 0.25) is 0 Å². The molecule has 0 bridgehead atoms. The Labute approximate surface area is 131 Å². The topological polar surface area (TPSA) is 96.5 Å². The van der Waals surface area contributed by atoms with E-state index in [4.69, 9.17) is 4.74 Å². The van der Waals surface area contributed by atoms with Crippen molar-refractivity contribution < 1.29 is 19.1 Å². The number of amides is 3. The van der Waals surface area contributed by atoms with E-state index >= 15 is 0 Å². The summed E-state index contributed by atoms with van der Waals surface area (Å²) in [6.45, 7) is 8.07. The molecule has 1 saturated carbocycles. The maximum Gasteiger partial charge on any atom is 0.407 e. The first-order valence-electron chi connectivity index (χ1n) is 7.58. The van der Waals surface area contributed by atoms with E-state index in [-0.39, 0.29) is 17.7 Å². The summed E-state index contributed by atoms with van der Waals surface area (Å²) in [7, 11) is 1.53. The molecule has 0 radical (unpaired) electrons. The maximum atomic E-state index is 12.1. The van der Waals surface area contributed by atoms with Gasteiger partial charge in [0.25, 0.3) is 0 Å². The number of ether oxygens (including phenoxy) is 1. The second-order valence-corrected chi connectivity index (χ2v) is 6.86. The van der Waals surface area contributed by atoms with E-state index in [9.17, 15) is 14.4 Å². The predicted octanol–water partition coefficient (Wildman–Crippen LogP) is 0.790. The summed E-state index contributed by atoms with van der Waals surface area (Å²) in [6, 6.07) is 0. The van der Waals surface area contributed by atoms with Crippen molar-refractivity contribution >= 4 is 17.9 Å². The standard InChI is InChI=1S/C15H27N3O4/c1-10(9-18-13(21)22-14(2,3)4)8-17-12(20)15(6-7-15)11(19)16-5/h10H,6-9H2,1-5H3,(H,16,19)(H,17,20)(H,18,21)/t10-/m1/s1. The highest BCUT2D eigenvalue weighted by Crippen LogP contribution is 2.45. The molecule has 1 atom stereocenters. The number of alkyl carbamates (subject to hydrolysis) is 1. The minimum Gasteiger partial charge on any atom is -0.444 e. The van der Waals surface area contributed by atoms with Crippen LogP contribution >= 0.6 is 0 Å². The highest BCUT2D eigenvalue weighted by atomic mass is 16.6. The minimum absolute atomic E-state index is 0.0388. The van der Waals surface area contributed by atoms with E-state index in [1.807, 2.05) is 6.92 Å². The zero-order valence-corrected chi connectivity index (χ0v) is 14.0. The predicted molar refractivity (Wildman–Crippen MR) is 82.1 cm³/mol. The molecule has 1 fully saturated rings.